The van der Waals surface area contributed by atoms with Crippen LogP contribution in [0.25, 0.3) is 0 Å². The van der Waals surface area contributed by atoms with Crippen molar-refractivity contribution in [3.63, 3.8) is 0 Å². The number of ketones is 2. The highest BCUT2D eigenvalue weighted by atomic mass is 35.5. The Morgan fingerprint density at radius 1 is 1.25 bits per heavy atom. The number of hydrogen-bond donors (Lipinski definition) is 0. The number of allylic oxidation sites excluding steroid dienone is 3. The quantitative estimate of drug-likeness (QED) is 0.855. The van der Waals surface area contributed by atoms with Gasteiger partial charge < -0.3 is 4.90 Å². The molecule has 2 rings (SSSR count). The molecule has 104 valence electrons. The maximum absolute atomic E-state index is 12.3. The van der Waals surface area contributed by atoms with E-state index < -0.39 is 0 Å². The summed E-state index contributed by atoms with van der Waals surface area (Å²) in [4.78, 5) is 30.5. The van der Waals surface area contributed by atoms with Crippen molar-refractivity contribution in [1.29, 1.82) is 0 Å². The molecule has 0 unspecified atom stereocenters. The highest BCUT2D eigenvalue weighted by molar-refractivity contribution is 6.50. The van der Waals surface area contributed by atoms with E-state index >= 15 is 0 Å². The van der Waals surface area contributed by atoms with Gasteiger partial charge in [0.1, 0.15) is 5.69 Å². The van der Waals surface area contributed by atoms with Gasteiger partial charge >= 0.3 is 0 Å². The Labute approximate surface area is 122 Å². The molecule has 20 heavy (non-hydrogen) atoms. The summed E-state index contributed by atoms with van der Waals surface area (Å²) in [6, 6.07) is 3.18. The first kappa shape index (κ1) is 14.5. The van der Waals surface area contributed by atoms with E-state index in [0.29, 0.717) is 0 Å². The topological polar surface area (TPSA) is 50.3 Å². The van der Waals surface area contributed by atoms with Gasteiger partial charge in [0.05, 0.1) is 10.6 Å². The summed E-state index contributed by atoms with van der Waals surface area (Å²) < 4.78 is 0. The minimum absolute atomic E-state index is 0.0427. The molecule has 4 nitrogen and oxygen atoms in total. The molecule has 0 aromatic carbocycles. The van der Waals surface area contributed by atoms with Gasteiger partial charge in [-0.1, -0.05) is 11.6 Å². The van der Waals surface area contributed by atoms with Crippen LogP contribution < -0.4 is 0 Å². The average molecular weight is 291 g/mol. The lowest BCUT2D eigenvalue weighted by atomic mass is 9.93. The van der Waals surface area contributed by atoms with Crippen molar-refractivity contribution in [1.82, 2.24) is 9.88 Å². The summed E-state index contributed by atoms with van der Waals surface area (Å²) in [5.41, 5.74) is 0.637. The molecule has 5 heteroatoms. The van der Waals surface area contributed by atoms with E-state index in [-0.39, 0.29) is 33.4 Å². The molecular weight excluding hydrogens is 276 g/mol. The van der Waals surface area contributed by atoms with Crippen molar-refractivity contribution in [3.05, 3.63) is 52.5 Å². The monoisotopic (exact) mass is 290 g/mol. The molecule has 0 saturated carbocycles. The van der Waals surface area contributed by atoms with E-state index in [0.717, 1.165) is 13.1 Å². The molecule has 0 aliphatic heterocycles. The fourth-order valence-electron chi connectivity index (χ4n) is 2.00. The number of halogens is 1. The number of Topliss-reactive ketones (excluding diaryl/α,β-unsaturated/α-hetero) is 2. The van der Waals surface area contributed by atoms with Crippen molar-refractivity contribution in [2.45, 2.75) is 13.8 Å². The van der Waals surface area contributed by atoms with Crippen LogP contribution in [0.4, 0.5) is 0 Å². The number of nitrogens with zero attached hydrogens (tertiary/aromatic N) is 2. The Bertz CT molecular complexity index is 616. The van der Waals surface area contributed by atoms with Crippen LogP contribution >= 0.6 is 11.6 Å². The third-order valence-corrected chi connectivity index (χ3v) is 3.59. The third kappa shape index (κ3) is 2.51. The summed E-state index contributed by atoms with van der Waals surface area (Å²) in [7, 11) is 0. The fraction of sp³-hybridized carbons (Fsp3) is 0.267. The van der Waals surface area contributed by atoms with Gasteiger partial charge in [-0.2, -0.15) is 0 Å². The van der Waals surface area contributed by atoms with E-state index in [1.54, 1.807) is 24.4 Å². The van der Waals surface area contributed by atoms with Crippen molar-refractivity contribution in [2.24, 2.45) is 0 Å². The molecule has 1 aromatic rings. The predicted molar refractivity (Wildman–Crippen MR) is 77.8 cm³/mol. The SMILES string of the molecule is CCN(/C=C/C1=C(Cl)C(=O)c2cccnc2C1=O)CC. The van der Waals surface area contributed by atoms with Gasteiger partial charge in [-0.15, -0.1) is 0 Å². The normalized spacial score (nSPS) is 14.9. The number of aromatic nitrogens is 1. The molecule has 0 saturated heterocycles. The van der Waals surface area contributed by atoms with Crippen molar-refractivity contribution in [3.8, 4) is 0 Å². The molecule has 0 atom stereocenters. The number of carbonyl (C=O) groups is 2. The zero-order valence-corrected chi connectivity index (χ0v) is 12.1. The Morgan fingerprint density at radius 3 is 2.60 bits per heavy atom. The van der Waals surface area contributed by atoms with Crippen LogP contribution in [0, 0.1) is 0 Å². The summed E-state index contributed by atoms with van der Waals surface area (Å²) in [5.74, 6) is -0.665. The van der Waals surface area contributed by atoms with Crippen molar-refractivity contribution >= 4 is 23.2 Å². The maximum atomic E-state index is 12.3. The van der Waals surface area contributed by atoms with Gasteiger partial charge in [0, 0.05) is 24.9 Å². The van der Waals surface area contributed by atoms with Crippen LogP contribution in [0.2, 0.25) is 0 Å². The molecule has 0 spiro atoms. The van der Waals surface area contributed by atoms with Crippen LogP contribution in [0.5, 0.6) is 0 Å². The Morgan fingerprint density at radius 2 is 1.95 bits per heavy atom. The summed E-state index contributed by atoms with van der Waals surface area (Å²) in [6.45, 7) is 5.65. The predicted octanol–water partition coefficient (Wildman–Crippen LogP) is 2.81. The van der Waals surface area contributed by atoms with Gasteiger partial charge in [0.2, 0.25) is 11.6 Å². The second-order valence-electron chi connectivity index (χ2n) is 4.32. The zero-order valence-electron chi connectivity index (χ0n) is 11.4. The number of fused-ring (bicyclic) bond motifs is 1. The highest BCUT2D eigenvalue weighted by Crippen LogP contribution is 2.27. The lowest BCUT2D eigenvalue weighted by Crippen LogP contribution is -2.21. The second kappa shape index (κ2) is 6.01. The van der Waals surface area contributed by atoms with E-state index in [4.69, 9.17) is 11.6 Å². The molecule has 1 aliphatic rings. The third-order valence-electron chi connectivity index (χ3n) is 3.21. The molecule has 0 bridgehead atoms. The molecule has 0 radical (unpaired) electrons. The van der Waals surface area contributed by atoms with Gasteiger partial charge in [-0.3, -0.25) is 14.6 Å². The van der Waals surface area contributed by atoms with Crippen LogP contribution in [0.15, 0.2) is 41.2 Å². The first-order valence-corrected chi connectivity index (χ1v) is 6.84. The van der Waals surface area contributed by atoms with E-state index in [1.807, 2.05) is 18.7 Å². The Balaban J connectivity index is 2.42. The van der Waals surface area contributed by atoms with Crippen LogP contribution in [0.3, 0.4) is 0 Å². The first-order chi connectivity index (χ1) is 9.60. The lowest BCUT2D eigenvalue weighted by Gasteiger charge is -2.17. The summed E-state index contributed by atoms with van der Waals surface area (Å²) in [6.07, 6.45) is 4.86. The molecule has 1 aliphatic carbocycles. The van der Waals surface area contributed by atoms with E-state index in [9.17, 15) is 9.59 Å². The number of hydrogen-bond acceptors (Lipinski definition) is 4. The van der Waals surface area contributed by atoms with Gasteiger partial charge in [0.15, 0.2) is 0 Å². The van der Waals surface area contributed by atoms with Crippen LogP contribution in [-0.4, -0.2) is 34.5 Å². The van der Waals surface area contributed by atoms with Gasteiger partial charge in [-0.05, 0) is 38.3 Å². The molecule has 0 fully saturated rings. The minimum atomic E-state index is -0.353. The maximum Gasteiger partial charge on any atom is 0.213 e. The van der Waals surface area contributed by atoms with Crippen LogP contribution in [-0.2, 0) is 0 Å². The zero-order chi connectivity index (χ0) is 14.7. The standard InChI is InChI=1S/C15H15ClN2O2/c1-3-18(4-2)9-7-10-12(16)14(19)11-6-5-8-17-13(11)15(10)20/h5-9H,3-4H2,1-2H3/b9-7+. The smallest absolute Gasteiger partial charge is 0.213 e. The van der Waals surface area contributed by atoms with Gasteiger partial charge in [0.25, 0.3) is 0 Å². The average Bonchev–Trinajstić information content (AvgIpc) is 2.49. The van der Waals surface area contributed by atoms with Crippen LogP contribution in [0.1, 0.15) is 34.7 Å². The second-order valence-corrected chi connectivity index (χ2v) is 4.70. The number of rotatable bonds is 4. The summed E-state index contributed by atoms with van der Waals surface area (Å²) in [5, 5.41) is -0.0427. The lowest BCUT2D eigenvalue weighted by molar-refractivity contribution is 0.0980. The molecule has 0 N–H and O–H groups in total. The number of pyridine rings is 1. The molecular formula is C15H15ClN2O2. The van der Waals surface area contributed by atoms with E-state index in [1.165, 1.54) is 6.20 Å². The molecule has 0 amide bonds. The molecule has 1 heterocycles. The largest absolute Gasteiger partial charge is 0.378 e. The van der Waals surface area contributed by atoms with Crippen molar-refractivity contribution < 1.29 is 9.59 Å². The highest BCUT2D eigenvalue weighted by Gasteiger charge is 2.30. The minimum Gasteiger partial charge on any atom is -0.378 e. The van der Waals surface area contributed by atoms with E-state index in [2.05, 4.69) is 4.98 Å². The fourth-order valence-corrected chi connectivity index (χ4v) is 2.25. The molecule has 1 aromatic heterocycles. The Hall–Kier alpha value is -1.94. The first-order valence-electron chi connectivity index (χ1n) is 6.46. The number of carbonyl (C=O) groups excluding carboxylic acids is 2. The Kier molecular flexibility index (Phi) is 4.35. The van der Waals surface area contributed by atoms with Crippen molar-refractivity contribution in [2.75, 3.05) is 13.1 Å². The summed E-state index contributed by atoms with van der Waals surface area (Å²) >= 11 is 6.04. The van der Waals surface area contributed by atoms with Gasteiger partial charge in [-0.25, -0.2) is 0 Å².